The molecule has 0 fully saturated rings. The molecule has 0 atom stereocenters. The van der Waals surface area contributed by atoms with Crippen molar-refractivity contribution < 1.29 is 13.2 Å². The van der Waals surface area contributed by atoms with Gasteiger partial charge >= 0.3 is 0 Å². The first-order chi connectivity index (χ1) is 9.32. The van der Waals surface area contributed by atoms with Gasteiger partial charge in [-0.25, -0.2) is 8.42 Å². The Labute approximate surface area is 120 Å². The van der Waals surface area contributed by atoms with E-state index >= 15 is 0 Å². The van der Waals surface area contributed by atoms with Gasteiger partial charge in [0.2, 0.25) is 0 Å². The molecule has 1 rings (SSSR count). The summed E-state index contributed by atoms with van der Waals surface area (Å²) in [6.45, 7) is 4.40. The van der Waals surface area contributed by atoms with Crippen molar-refractivity contribution in [3.8, 4) is 0 Å². The average molecular weight is 298 g/mol. The largest absolute Gasteiger partial charge is 0.340 e. The molecule has 0 radical (unpaired) electrons. The Hall–Kier alpha value is -1.40. The Balaban J connectivity index is 3.18. The Kier molecular flexibility index (Phi) is 5.71. The maximum atomic E-state index is 12.4. The van der Waals surface area contributed by atoms with Crippen LogP contribution in [0, 0.1) is 0 Å². The van der Waals surface area contributed by atoms with Crippen molar-refractivity contribution in [3.63, 3.8) is 0 Å². The fourth-order valence-corrected chi connectivity index (χ4v) is 2.97. The van der Waals surface area contributed by atoms with Gasteiger partial charge in [-0.05, 0) is 33.0 Å². The highest BCUT2D eigenvalue weighted by Crippen LogP contribution is 2.21. The molecule has 0 aromatic heterocycles. The minimum Gasteiger partial charge on any atom is -0.340 e. The lowest BCUT2D eigenvalue weighted by molar-refractivity contribution is 0.0793. The van der Waals surface area contributed by atoms with E-state index in [9.17, 15) is 13.2 Å². The van der Waals surface area contributed by atoms with Gasteiger partial charge in [0, 0.05) is 20.1 Å². The van der Waals surface area contributed by atoms with E-state index in [2.05, 4.69) is 5.32 Å². The van der Waals surface area contributed by atoms with E-state index < -0.39 is 15.1 Å². The molecule has 0 aliphatic rings. The maximum absolute atomic E-state index is 12.4. The molecule has 112 valence electrons. The quantitative estimate of drug-likeness (QED) is 0.856. The predicted octanol–water partition coefficient (Wildman–Crippen LogP) is 1.16. The molecule has 0 aliphatic carbocycles. The smallest absolute Gasteiger partial charge is 0.254 e. The number of amides is 1. The highest BCUT2D eigenvalue weighted by Gasteiger charge is 2.26. The minimum absolute atomic E-state index is 0.108. The van der Waals surface area contributed by atoms with Crippen LogP contribution < -0.4 is 5.32 Å². The van der Waals surface area contributed by atoms with E-state index in [0.717, 1.165) is 0 Å². The van der Waals surface area contributed by atoms with Gasteiger partial charge in [0.1, 0.15) is 0 Å². The molecule has 1 amide bonds. The van der Waals surface area contributed by atoms with Gasteiger partial charge in [-0.3, -0.25) is 4.79 Å². The van der Waals surface area contributed by atoms with E-state index in [4.69, 9.17) is 0 Å². The Morgan fingerprint density at radius 2 is 1.90 bits per heavy atom. The summed E-state index contributed by atoms with van der Waals surface area (Å²) in [5.41, 5.74) is 0.236. The van der Waals surface area contributed by atoms with Crippen LogP contribution in [0.1, 0.15) is 24.2 Å². The Morgan fingerprint density at radius 3 is 2.45 bits per heavy atom. The lowest BCUT2D eigenvalue weighted by Crippen LogP contribution is -2.34. The molecule has 1 N–H and O–H groups in total. The van der Waals surface area contributed by atoms with Crippen molar-refractivity contribution in [3.05, 3.63) is 29.8 Å². The van der Waals surface area contributed by atoms with Crippen LogP contribution in [0.4, 0.5) is 0 Å². The first kappa shape index (κ1) is 16.7. The maximum Gasteiger partial charge on any atom is 0.254 e. The zero-order chi connectivity index (χ0) is 15.3. The third-order valence-corrected chi connectivity index (χ3v) is 5.30. The molecule has 5 nitrogen and oxygen atoms in total. The SMILES string of the molecule is CNCCN(C)C(=O)c1ccccc1S(=O)(=O)C(C)C. The number of benzene rings is 1. The van der Waals surface area contributed by atoms with Crippen LogP contribution >= 0.6 is 0 Å². The third kappa shape index (κ3) is 3.58. The van der Waals surface area contributed by atoms with Gasteiger partial charge in [-0.2, -0.15) is 0 Å². The van der Waals surface area contributed by atoms with Gasteiger partial charge < -0.3 is 10.2 Å². The van der Waals surface area contributed by atoms with Crippen LogP contribution in [-0.4, -0.2) is 51.7 Å². The van der Waals surface area contributed by atoms with Crippen LogP contribution in [0.5, 0.6) is 0 Å². The third-order valence-electron chi connectivity index (χ3n) is 3.09. The van der Waals surface area contributed by atoms with Gasteiger partial charge in [-0.15, -0.1) is 0 Å². The highest BCUT2D eigenvalue weighted by molar-refractivity contribution is 7.92. The molecule has 0 saturated heterocycles. The molecule has 0 unspecified atom stereocenters. The average Bonchev–Trinajstić information content (AvgIpc) is 2.43. The second-order valence-corrected chi connectivity index (χ2v) is 7.39. The van der Waals surface area contributed by atoms with Crippen LogP contribution in [0.25, 0.3) is 0 Å². The molecule has 0 heterocycles. The highest BCUT2D eigenvalue weighted by atomic mass is 32.2. The number of carbonyl (C=O) groups is 1. The zero-order valence-electron chi connectivity index (χ0n) is 12.4. The fourth-order valence-electron chi connectivity index (χ4n) is 1.73. The Bertz CT molecular complexity index is 568. The summed E-state index contributed by atoms with van der Waals surface area (Å²) in [5, 5.41) is 2.40. The van der Waals surface area contributed by atoms with Crippen molar-refractivity contribution in [2.24, 2.45) is 0 Å². The van der Waals surface area contributed by atoms with E-state index in [-0.39, 0.29) is 16.4 Å². The van der Waals surface area contributed by atoms with Crippen molar-refractivity contribution in [1.82, 2.24) is 10.2 Å². The fraction of sp³-hybridized carbons (Fsp3) is 0.500. The predicted molar refractivity (Wildman–Crippen MR) is 79.7 cm³/mol. The molecule has 1 aromatic rings. The summed E-state index contributed by atoms with van der Waals surface area (Å²) in [5.74, 6) is -0.278. The van der Waals surface area contributed by atoms with E-state index in [1.165, 1.54) is 11.0 Å². The van der Waals surface area contributed by atoms with E-state index in [1.54, 1.807) is 46.1 Å². The molecule has 0 aliphatic heterocycles. The summed E-state index contributed by atoms with van der Waals surface area (Å²) < 4.78 is 24.6. The van der Waals surface area contributed by atoms with E-state index in [0.29, 0.717) is 13.1 Å². The van der Waals surface area contributed by atoms with Gasteiger partial charge in [0.15, 0.2) is 9.84 Å². The number of nitrogens with zero attached hydrogens (tertiary/aromatic N) is 1. The van der Waals surface area contributed by atoms with E-state index in [1.807, 2.05) is 0 Å². The number of hydrogen-bond donors (Lipinski definition) is 1. The molecule has 0 spiro atoms. The first-order valence-electron chi connectivity index (χ1n) is 6.55. The molecular weight excluding hydrogens is 276 g/mol. The topological polar surface area (TPSA) is 66.5 Å². The van der Waals surface area contributed by atoms with Crippen LogP contribution in [0.3, 0.4) is 0 Å². The standard InChI is InChI=1S/C14H22N2O3S/c1-11(2)20(18,19)13-8-6-5-7-12(13)14(17)16(4)10-9-15-3/h5-8,11,15H,9-10H2,1-4H3. The zero-order valence-corrected chi connectivity index (χ0v) is 13.2. The van der Waals surface area contributed by atoms with Crippen LogP contribution in [0.2, 0.25) is 0 Å². The molecule has 6 heteroatoms. The van der Waals surface area contributed by atoms with Gasteiger partial charge in [-0.1, -0.05) is 12.1 Å². The van der Waals surface area contributed by atoms with Crippen molar-refractivity contribution >= 4 is 15.7 Å². The monoisotopic (exact) mass is 298 g/mol. The first-order valence-corrected chi connectivity index (χ1v) is 8.10. The number of likely N-dealkylation sites (N-methyl/N-ethyl adjacent to an activating group) is 2. The minimum atomic E-state index is -3.47. The summed E-state index contributed by atoms with van der Waals surface area (Å²) in [7, 11) is -0.00352. The summed E-state index contributed by atoms with van der Waals surface area (Å²) in [6, 6.07) is 6.38. The van der Waals surface area contributed by atoms with Crippen molar-refractivity contribution in [2.45, 2.75) is 24.0 Å². The normalized spacial score (nSPS) is 11.7. The summed E-state index contributed by atoms with van der Waals surface area (Å²) in [6.07, 6.45) is 0. The van der Waals surface area contributed by atoms with Gasteiger partial charge in [0.25, 0.3) is 5.91 Å². The van der Waals surface area contributed by atoms with Crippen molar-refractivity contribution in [2.75, 3.05) is 27.2 Å². The van der Waals surface area contributed by atoms with Crippen LogP contribution in [0.15, 0.2) is 29.2 Å². The second kappa shape index (κ2) is 6.85. The summed E-state index contributed by atoms with van der Waals surface area (Å²) >= 11 is 0. The second-order valence-electron chi connectivity index (χ2n) is 4.92. The molecule has 0 saturated carbocycles. The molecule has 0 bridgehead atoms. The Morgan fingerprint density at radius 1 is 1.30 bits per heavy atom. The van der Waals surface area contributed by atoms with Crippen molar-refractivity contribution in [1.29, 1.82) is 0 Å². The number of rotatable bonds is 6. The number of nitrogens with one attached hydrogen (secondary N) is 1. The van der Waals surface area contributed by atoms with Crippen LogP contribution in [-0.2, 0) is 9.84 Å². The summed E-state index contributed by atoms with van der Waals surface area (Å²) in [4.78, 5) is 14.0. The number of carbonyl (C=O) groups excluding carboxylic acids is 1. The lowest BCUT2D eigenvalue weighted by atomic mass is 10.2. The molecular formula is C14H22N2O3S. The lowest BCUT2D eigenvalue weighted by Gasteiger charge is -2.19. The number of sulfone groups is 1. The van der Waals surface area contributed by atoms with Gasteiger partial charge in [0.05, 0.1) is 15.7 Å². The molecule has 1 aromatic carbocycles. The molecule has 20 heavy (non-hydrogen) atoms. The number of hydrogen-bond acceptors (Lipinski definition) is 4.